The highest BCUT2D eigenvalue weighted by Gasteiger charge is 1.90. The van der Waals surface area contributed by atoms with Crippen LogP contribution in [0.4, 0.5) is 0 Å². The van der Waals surface area contributed by atoms with E-state index >= 15 is 0 Å². The Labute approximate surface area is 81.2 Å². The molecule has 13 heavy (non-hydrogen) atoms. The van der Waals surface area contributed by atoms with Crippen molar-refractivity contribution in [2.75, 3.05) is 0 Å². The number of rotatable bonds is 0. The van der Waals surface area contributed by atoms with Crippen LogP contribution in [0.1, 0.15) is 40.5 Å². The molecule has 0 unspecified atom stereocenters. The van der Waals surface area contributed by atoms with Gasteiger partial charge in [-0.05, 0) is 24.1 Å². The summed E-state index contributed by atoms with van der Waals surface area (Å²) < 4.78 is 0. The molecule has 1 aromatic heterocycles. The minimum absolute atomic E-state index is 1.19. The Balaban J connectivity index is 0.000000322. The number of hydrogen-bond acceptors (Lipinski definition) is 0. The van der Waals surface area contributed by atoms with E-state index in [0.29, 0.717) is 0 Å². The topological polar surface area (TPSA) is 15.8 Å². The molecule has 0 fully saturated rings. The highest BCUT2D eigenvalue weighted by molar-refractivity contribution is 5.35. The van der Waals surface area contributed by atoms with Crippen molar-refractivity contribution >= 4 is 12.2 Å². The van der Waals surface area contributed by atoms with Gasteiger partial charge in [-0.1, -0.05) is 39.8 Å². The van der Waals surface area contributed by atoms with Gasteiger partial charge in [-0.2, -0.15) is 0 Å². The summed E-state index contributed by atoms with van der Waals surface area (Å²) in [6.07, 6.45) is 8.89. The molecule has 0 aromatic carbocycles. The van der Waals surface area contributed by atoms with Crippen LogP contribution in [-0.2, 0) is 0 Å². The summed E-state index contributed by atoms with van der Waals surface area (Å²) in [6, 6.07) is 2.12. The van der Waals surface area contributed by atoms with Crippen molar-refractivity contribution in [2.24, 2.45) is 0 Å². The molecule has 0 atom stereocenters. The lowest BCUT2D eigenvalue weighted by atomic mass is 10.2. The summed E-state index contributed by atoms with van der Waals surface area (Å²) in [4.78, 5) is 3.17. The molecular weight excluding hydrogens is 158 g/mol. The predicted molar refractivity (Wildman–Crippen MR) is 60.9 cm³/mol. The largest absolute Gasteiger partial charge is 0.361 e. The monoisotopic (exact) mass is 179 g/mol. The van der Waals surface area contributed by atoms with Crippen LogP contribution in [-0.4, -0.2) is 4.98 Å². The van der Waals surface area contributed by atoms with E-state index in [4.69, 9.17) is 0 Å². The third-order valence-corrected chi connectivity index (χ3v) is 1.69. The standard InChI is InChI=1S/C8H9N.2C2H6/c1-2-4-8-7(3-1)5-6-9-8;2*1-2/h3-6,9H,1-2H2;2*1-2H3. The van der Waals surface area contributed by atoms with Gasteiger partial charge >= 0.3 is 0 Å². The van der Waals surface area contributed by atoms with Crippen LogP contribution in [0.3, 0.4) is 0 Å². The summed E-state index contributed by atoms with van der Waals surface area (Å²) in [5.41, 5.74) is 0. The molecule has 0 spiro atoms. The molecule has 2 rings (SSSR count). The number of nitrogens with one attached hydrogen (secondary N) is 1. The van der Waals surface area contributed by atoms with Crippen LogP contribution in [0.25, 0.3) is 12.2 Å². The molecule has 1 heteroatoms. The summed E-state index contributed by atoms with van der Waals surface area (Å²) in [5, 5.41) is 2.66. The van der Waals surface area contributed by atoms with Gasteiger partial charge in [0, 0.05) is 11.5 Å². The molecule has 1 aromatic rings. The second-order valence-electron chi connectivity index (χ2n) is 2.33. The summed E-state index contributed by atoms with van der Waals surface area (Å²) in [5.74, 6) is 0. The highest BCUT2D eigenvalue weighted by Crippen LogP contribution is 1.92. The number of H-pyrrole nitrogens is 1. The van der Waals surface area contributed by atoms with Crippen molar-refractivity contribution in [1.29, 1.82) is 0 Å². The number of aromatic nitrogens is 1. The SMILES string of the molecule is C1=c2cc[nH]c2=CCC1.CC.CC. The smallest absolute Gasteiger partial charge is 0.0410 e. The normalized spacial score (nSPS) is 11.7. The molecule has 1 aliphatic carbocycles. The Morgan fingerprint density at radius 3 is 2.23 bits per heavy atom. The zero-order valence-electron chi connectivity index (χ0n) is 9.22. The van der Waals surface area contributed by atoms with Crippen molar-refractivity contribution < 1.29 is 0 Å². The van der Waals surface area contributed by atoms with Crippen molar-refractivity contribution in [2.45, 2.75) is 40.5 Å². The van der Waals surface area contributed by atoms with Gasteiger partial charge in [-0.15, -0.1) is 0 Å². The second-order valence-corrected chi connectivity index (χ2v) is 2.33. The van der Waals surface area contributed by atoms with Crippen LogP contribution in [0.2, 0.25) is 0 Å². The Bertz CT molecular complexity index is 276. The first kappa shape index (κ1) is 12.0. The molecule has 1 heterocycles. The van der Waals surface area contributed by atoms with Crippen LogP contribution in [0.5, 0.6) is 0 Å². The van der Waals surface area contributed by atoms with Gasteiger partial charge in [0.25, 0.3) is 0 Å². The van der Waals surface area contributed by atoms with Gasteiger partial charge in [-0.25, -0.2) is 0 Å². The lowest BCUT2D eigenvalue weighted by Crippen LogP contribution is -2.23. The van der Waals surface area contributed by atoms with Crippen LogP contribution < -0.4 is 10.6 Å². The first-order chi connectivity index (χ1) is 6.47. The van der Waals surface area contributed by atoms with Gasteiger partial charge in [0.05, 0.1) is 0 Å². The van der Waals surface area contributed by atoms with E-state index in [0.717, 1.165) is 0 Å². The van der Waals surface area contributed by atoms with E-state index < -0.39 is 0 Å². The Hall–Kier alpha value is -0.980. The molecule has 0 aliphatic heterocycles. The number of aromatic amines is 1. The number of fused-ring (bicyclic) bond motifs is 1. The molecular formula is C12H21N. The summed E-state index contributed by atoms with van der Waals surface area (Å²) in [6.45, 7) is 8.00. The van der Waals surface area contributed by atoms with Gasteiger partial charge in [0.1, 0.15) is 0 Å². The van der Waals surface area contributed by atoms with Crippen LogP contribution >= 0.6 is 0 Å². The Kier molecular flexibility index (Phi) is 7.08. The molecule has 0 saturated heterocycles. The average molecular weight is 179 g/mol. The molecule has 0 amide bonds. The van der Waals surface area contributed by atoms with Gasteiger partial charge in [0.2, 0.25) is 0 Å². The zero-order valence-corrected chi connectivity index (χ0v) is 9.22. The highest BCUT2D eigenvalue weighted by atomic mass is 14.6. The van der Waals surface area contributed by atoms with Crippen LogP contribution in [0.15, 0.2) is 12.3 Å². The Morgan fingerprint density at radius 1 is 1.00 bits per heavy atom. The Morgan fingerprint density at radius 2 is 1.62 bits per heavy atom. The minimum Gasteiger partial charge on any atom is -0.361 e. The van der Waals surface area contributed by atoms with E-state index in [1.54, 1.807) is 0 Å². The second kappa shape index (κ2) is 7.66. The lowest BCUT2D eigenvalue weighted by Gasteiger charge is -1.91. The van der Waals surface area contributed by atoms with E-state index in [-0.39, 0.29) is 0 Å². The van der Waals surface area contributed by atoms with E-state index in [9.17, 15) is 0 Å². The van der Waals surface area contributed by atoms with Gasteiger partial charge < -0.3 is 4.98 Å². The predicted octanol–water partition coefficient (Wildman–Crippen LogP) is 2.42. The van der Waals surface area contributed by atoms with Crippen molar-refractivity contribution in [3.05, 3.63) is 22.8 Å². The molecule has 1 N–H and O–H groups in total. The molecule has 0 bridgehead atoms. The third kappa shape index (κ3) is 3.49. The molecule has 0 saturated carbocycles. The van der Waals surface area contributed by atoms with Crippen molar-refractivity contribution in [3.8, 4) is 0 Å². The summed E-state index contributed by atoms with van der Waals surface area (Å²) >= 11 is 0. The first-order valence-corrected chi connectivity index (χ1v) is 5.30. The maximum absolute atomic E-state index is 3.17. The molecule has 0 radical (unpaired) electrons. The average Bonchev–Trinajstić information content (AvgIpc) is 2.71. The quantitative estimate of drug-likeness (QED) is 0.629. The summed E-state index contributed by atoms with van der Waals surface area (Å²) in [7, 11) is 0. The van der Waals surface area contributed by atoms with Crippen molar-refractivity contribution in [1.82, 2.24) is 4.98 Å². The zero-order chi connectivity index (χ0) is 10.1. The molecule has 1 nitrogen and oxygen atoms in total. The third-order valence-electron chi connectivity index (χ3n) is 1.69. The fourth-order valence-corrected chi connectivity index (χ4v) is 1.22. The fourth-order valence-electron chi connectivity index (χ4n) is 1.22. The maximum atomic E-state index is 3.17. The van der Waals surface area contributed by atoms with Crippen molar-refractivity contribution in [3.63, 3.8) is 0 Å². The first-order valence-electron chi connectivity index (χ1n) is 5.30. The minimum atomic E-state index is 1.19. The van der Waals surface area contributed by atoms with E-state index in [1.807, 2.05) is 33.9 Å². The molecule has 1 aliphatic rings. The van der Waals surface area contributed by atoms with Crippen LogP contribution in [0, 0.1) is 0 Å². The maximum Gasteiger partial charge on any atom is 0.0410 e. The van der Waals surface area contributed by atoms with E-state index in [1.165, 1.54) is 23.4 Å². The number of hydrogen-bond donors (Lipinski definition) is 1. The lowest BCUT2D eigenvalue weighted by molar-refractivity contribution is 1.10. The van der Waals surface area contributed by atoms with E-state index in [2.05, 4.69) is 23.2 Å². The molecule has 74 valence electrons. The van der Waals surface area contributed by atoms with Gasteiger partial charge in [0.15, 0.2) is 0 Å². The fraction of sp³-hybridized carbons (Fsp3) is 0.500. The van der Waals surface area contributed by atoms with Gasteiger partial charge in [-0.3, -0.25) is 0 Å².